The molecule has 1 aromatic heterocycles. The zero-order chi connectivity index (χ0) is 14.5. The Labute approximate surface area is 114 Å². The number of nitrogens with one attached hydrogen (secondary N) is 2. The van der Waals surface area contributed by atoms with Gasteiger partial charge in [0.15, 0.2) is 0 Å². The Hall–Kier alpha value is -1.85. The Bertz CT molecular complexity index is 441. The number of amides is 1. The fourth-order valence-electron chi connectivity index (χ4n) is 1.52. The van der Waals surface area contributed by atoms with Crippen LogP contribution in [0.1, 0.15) is 33.0 Å². The lowest BCUT2D eigenvalue weighted by atomic mass is 10.1. The molecular formula is C13H22N4O2. The molecule has 6 nitrogen and oxygen atoms in total. The lowest BCUT2D eigenvalue weighted by Gasteiger charge is -2.20. The summed E-state index contributed by atoms with van der Waals surface area (Å²) in [5.41, 5.74) is -0.203. The van der Waals surface area contributed by atoms with Crippen LogP contribution in [0.15, 0.2) is 6.07 Å². The van der Waals surface area contributed by atoms with Crippen molar-refractivity contribution in [1.29, 1.82) is 0 Å². The molecule has 1 amide bonds. The van der Waals surface area contributed by atoms with E-state index < -0.39 is 0 Å². The summed E-state index contributed by atoms with van der Waals surface area (Å²) >= 11 is 0. The Kier molecular flexibility index (Phi) is 5.09. The number of nitrogens with zero attached hydrogens (tertiary/aromatic N) is 2. The average Bonchev–Trinajstić information content (AvgIpc) is 2.25. The van der Waals surface area contributed by atoms with Gasteiger partial charge in [-0.2, -0.15) is 4.98 Å². The minimum Gasteiger partial charge on any atom is -0.481 e. The van der Waals surface area contributed by atoms with Gasteiger partial charge in [-0.1, -0.05) is 0 Å². The highest BCUT2D eigenvalue weighted by atomic mass is 16.5. The van der Waals surface area contributed by atoms with E-state index in [1.54, 1.807) is 20.1 Å². The van der Waals surface area contributed by atoms with E-state index >= 15 is 0 Å². The van der Waals surface area contributed by atoms with Crippen molar-refractivity contribution in [3.8, 4) is 5.88 Å². The number of anilines is 1. The second-order valence-electron chi connectivity index (χ2n) is 5.32. The summed E-state index contributed by atoms with van der Waals surface area (Å²) in [6.07, 6.45) is 0.392. The molecule has 0 spiro atoms. The van der Waals surface area contributed by atoms with Crippen LogP contribution in [-0.4, -0.2) is 35.1 Å². The van der Waals surface area contributed by atoms with Gasteiger partial charge in [-0.05, 0) is 27.7 Å². The molecule has 1 heterocycles. The van der Waals surface area contributed by atoms with Crippen molar-refractivity contribution in [1.82, 2.24) is 15.3 Å². The molecule has 0 radical (unpaired) electrons. The lowest BCUT2D eigenvalue weighted by Crippen LogP contribution is -2.41. The molecule has 106 valence electrons. The van der Waals surface area contributed by atoms with Gasteiger partial charge in [-0.3, -0.25) is 4.79 Å². The zero-order valence-corrected chi connectivity index (χ0v) is 12.2. The van der Waals surface area contributed by atoms with E-state index in [9.17, 15) is 4.79 Å². The summed E-state index contributed by atoms with van der Waals surface area (Å²) in [4.78, 5) is 19.9. The summed E-state index contributed by atoms with van der Waals surface area (Å²) in [6, 6.07) is 1.70. The molecule has 6 heteroatoms. The Balaban J connectivity index is 2.45. The molecular weight excluding hydrogens is 244 g/mol. The van der Waals surface area contributed by atoms with Crippen molar-refractivity contribution in [2.24, 2.45) is 0 Å². The van der Waals surface area contributed by atoms with Gasteiger partial charge in [0, 0.05) is 24.6 Å². The summed E-state index contributed by atoms with van der Waals surface area (Å²) in [7, 11) is 1.56. The molecule has 0 aliphatic heterocycles. The van der Waals surface area contributed by atoms with E-state index in [2.05, 4.69) is 20.6 Å². The van der Waals surface area contributed by atoms with E-state index in [4.69, 9.17) is 4.74 Å². The zero-order valence-electron chi connectivity index (χ0n) is 12.2. The van der Waals surface area contributed by atoms with E-state index in [-0.39, 0.29) is 11.4 Å². The summed E-state index contributed by atoms with van der Waals surface area (Å²) in [5, 5.41) is 5.99. The van der Waals surface area contributed by atoms with Gasteiger partial charge in [-0.25, -0.2) is 4.98 Å². The van der Waals surface area contributed by atoms with Crippen LogP contribution in [0.2, 0.25) is 0 Å². The van der Waals surface area contributed by atoms with Crippen molar-refractivity contribution >= 4 is 11.7 Å². The number of hydrogen-bond donors (Lipinski definition) is 2. The standard InChI is InChI=1S/C13H22N4O2/c1-9-15-10(8-12(16-9)19-5)14-7-6-11(18)17-13(2,3)4/h8H,6-7H2,1-5H3,(H,17,18)(H,14,15,16). The lowest BCUT2D eigenvalue weighted by molar-refractivity contribution is -0.122. The maximum atomic E-state index is 11.6. The highest BCUT2D eigenvalue weighted by Gasteiger charge is 2.13. The van der Waals surface area contributed by atoms with Crippen molar-refractivity contribution in [2.45, 2.75) is 39.7 Å². The number of rotatable bonds is 5. The highest BCUT2D eigenvalue weighted by molar-refractivity contribution is 5.77. The highest BCUT2D eigenvalue weighted by Crippen LogP contribution is 2.12. The molecule has 0 fully saturated rings. The largest absolute Gasteiger partial charge is 0.481 e. The van der Waals surface area contributed by atoms with Crippen LogP contribution < -0.4 is 15.4 Å². The average molecular weight is 266 g/mol. The third-order valence-electron chi connectivity index (χ3n) is 2.20. The van der Waals surface area contributed by atoms with Crippen molar-refractivity contribution in [2.75, 3.05) is 19.0 Å². The summed E-state index contributed by atoms with van der Waals surface area (Å²) in [5.74, 6) is 1.81. The first kappa shape index (κ1) is 15.2. The number of carbonyl (C=O) groups is 1. The van der Waals surface area contributed by atoms with Crippen molar-refractivity contribution in [3.05, 3.63) is 11.9 Å². The van der Waals surface area contributed by atoms with Crippen LogP contribution in [0.3, 0.4) is 0 Å². The maximum absolute atomic E-state index is 11.6. The first-order valence-corrected chi connectivity index (χ1v) is 6.25. The van der Waals surface area contributed by atoms with Gasteiger partial charge >= 0.3 is 0 Å². The van der Waals surface area contributed by atoms with Gasteiger partial charge in [0.1, 0.15) is 11.6 Å². The number of hydrogen-bond acceptors (Lipinski definition) is 5. The first-order valence-electron chi connectivity index (χ1n) is 6.25. The van der Waals surface area contributed by atoms with E-state index in [1.807, 2.05) is 20.8 Å². The number of carbonyl (C=O) groups excluding carboxylic acids is 1. The van der Waals surface area contributed by atoms with E-state index in [1.165, 1.54) is 0 Å². The maximum Gasteiger partial charge on any atom is 0.222 e. The van der Waals surface area contributed by atoms with Crippen LogP contribution in [0, 0.1) is 6.92 Å². The number of ether oxygens (including phenoxy) is 1. The van der Waals surface area contributed by atoms with Gasteiger partial charge in [0.05, 0.1) is 7.11 Å². The van der Waals surface area contributed by atoms with Crippen LogP contribution in [0.5, 0.6) is 5.88 Å². The predicted octanol–water partition coefficient (Wildman–Crippen LogP) is 1.51. The summed E-state index contributed by atoms with van der Waals surface area (Å²) < 4.78 is 5.06. The SMILES string of the molecule is COc1cc(NCCC(=O)NC(C)(C)C)nc(C)n1. The van der Waals surface area contributed by atoms with Crippen molar-refractivity contribution < 1.29 is 9.53 Å². The molecule has 0 aliphatic carbocycles. The molecule has 0 bridgehead atoms. The number of methoxy groups -OCH3 is 1. The van der Waals surface area contributed by atoms with E-state index in [0.717, 1.165) is 0 Å². The fourth-order valence-corrected chi connectivity index (χ4v) is 1.52. The first-order chi connectivity index (χ1) is 8.80. The number of aromatic nitrogens is 2. The van der Waals surface area contributed by atoms with Crippen LogP contribution in [0.25, 0.3) is 0 Å². The molecule has 0 saturated heterocycles. The van der Waals surface area contributed by atoms with Gasteiger partial charge in [-0.15, -0.1) is 0 Å². The Morgan fingerprint density at radius 2 is 2.05 bits per heavy atom. The molecule has 1 rings (SSSR count). The summed E-state index contributed by atoms with van der Waals surface area (Å²) in [6.45, 7) is 8.17. The molecule has 2 N–H and O–H groups in total. The topological polar surface area (TPSA) is 76.1 Å². The smallest absolute Gasteiger partial charge is 0.222 e. The molecule has 1 aromatic rings. The van der Waals surface area contributed by atoms with Crippen LogP contribution >= 0.6 is 0 Å². The molecule has 0 unspecified atom stereocenters. The third-order valence-corrected chi connectivity index (χ3v) is 2.20. The van der Waals surface area contributed by atoms with Gasteiger partial charge in [0.25, 0.3) is 0 Å². The molecule has 0 atom stereocenters. The minimum atomic E-state index is -0.203. The predicted molar refractivity (Wildman–Crippen MR) is 74.3 cm³/mol. The molecule has 0 aliphatic rings. The molecule has 0 saturated carbocycles. The van der Waals surface area contributed by atoms with Gasteiger partial charge in [0.2, 0.25) is 11.8 Å². The quantitative estimate of drug-likeness (QED) is 0.845. The number of aryl methyl sites for hydroxylation is 1. The van der Waals surface area contributed by atoms with Gasteiger partial charge < -0.3 is 15.4 Å². The normalized spacial score (nSPS) is 11.0. The van der Waals surface area contributed by atoms with Crippen LogP contribution in [-0.2, 0) is 4.79 Å². The monoisotopic (exact) mass is 266 g/mol. The Morgan fingerprint density at radius 3 is 2.63 bits per heavy atom. The second-order valence-corrected chi connectivity index (χ2v) is 5.32. The molecule has 0 aromatic carbocycles. The minimum absolute atomic E-state index is 0.0118. The van der Waals surface area contributed by atoms with E-state index in [0.29, 0.717) is 30.5 Å². The fraction of sp³-hybridized carbons (Fsp3) is 0.615. The Morgan fingerprint density at radius 1 is 1.37 bits per heavy atom. The third kappa shape index (κ3) is 6.03. The molecule has 19 heavy (non-hydrogen) atoms. The van der Waals surface area contributed by atoms with Crippen molar-refractivity contribution in [3.63, 3.8) is 0 Å². The second kappa shape index (κ2) is 6.36. The van der Waals surface area contributed by atoms with Crippen LogP contribution in [0.4, 0.5) is 5.82 Å².